The first-order chi connectivity index (χ1) is 16.1. The number of piperazine rings is 1. The maximum Gasteiger partial charge on any atom is 0.339 e. The number of carbonyl (C=O) groups is 3. The number of hydrogen-bond donors (Lipinski definition) is 0. The number of anilines is 1. The van der Waals surface area contributed by atoms with E-state index in [4.69, 9.17) is 4.74 Å². The number of carbonyl (C=O) groups excluding carboxylic acids is 3. The van der Waals surface area contributed by atoms with E-state index in [9.17, 15) is 14.4 Å². The first-order valence-electron chi connectivity index (χ1n) is 11.6. The molecule has 1 atom stereocenters. The van der Waals surface area contributed by atoms with Gasteiger partial charge in [0.2, 0.25) is 11.8 Å². The molecule has 0 aliphatic carbocycles. The van der Waals surface area contributed by atoms with Crippen molar-refractivity contribution in [2.75, 3.05) is 44.2 Å². The minimum Gasteiger partial charge on any atom is -0.462 e. The topological polar surface area (TPSA) is 83.0 Å². The molecule has 2 aliphatic heterocycles. The number of rotatable bonds is 6. The number of likely N-dealkylation sites (tertiary alicyclic amines) is 1. The van der Waals surface area contributed by atoms with E-state index in [1.54, 1.807) is 17.9 Å². The average molecular weight is 451 g/mol. The Hall–Kier alpha value is -3.42. The highest BCUT2D eigenvalue weighted by molar-refractivity contribution is 5.90. The number of ether oxygens (including phenoxy) is 1. The van der Waals surface area contributed by atoms with Crippen molar-refractivity contribution in [2.24, 2.45) is 0 Å². The van der Waals surface area contributed by atoms with Gasteiger partial charge in [-0.3, -0.25) is 9.59 Å². The van der Waals surface area contributed by atoms with Crippen molar-refractivity contribution in [3.05, 3.63) is 59.8 Å². The summed E-state index contributed by atoms with van der Waals surface area (Å²) >= 11 is 0. The molecular weight excluding hydrogens is 420 g/mol. The highest BCUT2D eigenvalue weighted by atomic mass is 16.5. The maximum atomic E-state index is 13.6. The van der Waals surface area contributed by atoms with Crippen LogP contribution >= 0.6 is 0 Å². The molecule has 2 aliphatic rings. The molecule has 8 nitrogen and oxygen atoms in total. The molecule has 174 valence electrons. The molecule has 4 rings (SSSR count). The van der Waals surface area contributed by atoms with E-state index < -0.39 is 6.04 Å². The van der Waals surface area contributed by atoms with Gasteiger partial charge in [0, 0.05) is 45.3 Å². The Kier molecular flexibility index (Phi) is 7.22. The fourth-order valence-electron chi connectivity index (χ4n) is 4.43. The number of hydrogen-bond acceptors (Lipinski definition) is 6. The van der Waals surface area contributed by atoms with E-state index >= 15 is 0 Å². The molecule has 0 N–H and O–H groups in total. The molecule has 1 unspecified atom stereocenters. The monoisotopic (exact) mass is 450 g/mol. The second-order valence-electron chi connectivity index (χ2n) is 8.30. The lowest BCUT2D eigenvalue weighted by Crippen LogP contribution is -2.53. The summed E-state index contributed by atoms with van der Waals surface area (Å²) in [7, 11) is 0. The predicted molar refractivity (Wildman–Crippen MR) is 124 cm³/mol. The summed E-state index contributed by atoms with van der Waals surface area (Å²) < 4.78 is 5.01. The third-order valence-electron chi connectivity index (χ3n) is 6.20. The van der Waals surface area contributed by atoms with Crippen LogP contribution in [0.4, 0.5) is 5.82 Å². The van der Waals surface area contributed by atoms with Gasteiger partial charge in [-0.2, -0.15) is 0 Å². The third kappa shape index (κ3) is 5.16. The smallest absolute Gasteiger partial charge is 0.339 e. The lowest BCUT2D eigenvalue weighted by atomic mass is 9.99. The Balaban J connectivity index is 1.44. The van der Waals surface area contributed by atoms with Crippen molar-refractivity contribution in [1.82, 2.24) is 14.8 Å². The van der Waals surface area contributed by atoms with Gasteiger partial charge in [0.25, 0.3) is 0 Å². The Bertz CT molecular complexity index is 972. The third-order valence-corrected chi connectivity index (χ3v) is 6.20. The fourth-order valence-corrected chi connectivity index (χ4v) is 4.43. The SMILES string of the molecule is CCOC(=O)c1ccc(N2CCN(C(=O)C(c3ccccc3)N3CCCCC3=O)CC2)nc1. The Morgan fingerprint density at radius 3 is 2.39 bits per heavy atom. The van der Waals surface area contributed by atoms with Crippen LogP contribution in [0.25, 0.3) is 0 Å². The van der Waals surface area contributed by atoms with Crippen LogP contribution in [0.1, 0.15) is 48.1 Å². The zero-order chi connectivity index (χ0) is 23.2. The normalized spacial score (nSPS) is 17.6. The van der Waals surface area contributed by atoms with Crippen LogP contribution in [0.15, 0.2) is 48.7 Å². The lowest BCUT2D eigenvalue weighted by Gasteiger charge is -2.40. The van der Waals surface area contributed by atoms with Gasteiger partial charge < -0.3 is 19.4 Å². The molecule has 2 fully saturated rings. The van der Waals surface area contributed by atoms with Gasteiger partial charge in [-0.05, 0) is 37.5 Å². The van der Waals surface area contributed by atoms with Gasteiger partial charge in [0.1, 0.15) is 11.9 Å². The van der Waals surface area contributed by atoms with E-state index in [0.717, 1.165) is 24.2 Å². The van der Waals surface area contributed by atoms with Gasteiger partial charge >= 0.3 is 5.97 Å². The van der Waals surface area contributed by atoms with E-state index in [0.29, 0.717) is 51.3 Å². The van der Waals surface area contributed by atoms with Crippen LogP contribution < -0.4 is 4.90 Å². The summed E-state index contributed by atoms with van der Waals surface area (Å²) in [5.41, 5.74) is 1.28. The summed E-state index contributed by atoms with van der Waals surface area (Å²) in [4.78, 5) is 48.2. The summed E-state index contributed by atoms with van der Waals surface area (Å²) in [6.45, 7) is 5.06. The van der Waals surface area contributed by atoms with Crippen molar-refractivity contribution in [3.8, 4) is 0 Å². The quantitative estimate of drug-likeness (QED) is 0.630. The van der Waals surface area contributed by atoms with Crippen molar-refractivity contribution < 1.29 is 19.1 Å². The molecule has 8 heteroatoms. The second kappa shape index (κ2) is 10.5. The van der Waals surface area contributed by atoms with Crippen LogP contribution in [0.2, 0.25) is 0 Å². The van der Waals surface area contributed by atoms with Crippen molar-refractivity contribution >= 4 is 23.6 Å². The van der Waals surface area contributed by atoms with Crippen LogP contribution in [0, 0.1) is 0 Å². The number of benzene rings is 1. The van der Waals surface area contributed by atoms with Crippen molar-refractivity contribution in [3.63, 3.8) is 0 Å². The number of pyridine rings is 1. The van der Waals surface area contributed by atoms with E-state index in [2.05, 4.69) is 9.88 Å². The minimum atomic E-state index is -0.576. The van der Waals surface area contributed by atoms with Crippen LogP contribution in [-0.4, -0.2) is 71.9 Å². The highest BCUT2D eigenvalue weighted by Crippen LogP contribution is 2.28. The summed E-state index contributed by atoms with van der Waals surface area (Å²) in [6.07, 6.45) is 3.82. The summed E-state index contributed by atoms with van der Waals surface area (Å²) in [6, 6.07) is 12.5. The van der Waals surface area contributed by atoms with Crippen molar-refractivity contribution in [2.45, 2.75) is 32.2 Å². The van der Waals surface area contributed by atoms with Gasteiger partial charge in [0.05, 0.1) is 12.2 Å². The Morgan fingerprint density at radius 2 is 1.76 bits per heavy atom. The Morgan fingerprint density at radius 1 is 1.00 bits per heavy atom. The molecule has 0 bridgehead atoms. The molecule has 2 amide bonds. The molecule has 0 spiro atoms. The predicted octanol–water partition coefficient (Wildman–Crippen LogP) is 2.66. The zero-order valence-electron chi connectivity index (χ0n) is 19.0. The molecule has 1 aromatic carbocycles. The van der Waals surface area contributed by atoms with E-state index in [1.165, 1.54) is 6.20 Å². The van der Waals surface area contributed by atoms with Crippen LogP contribution in [0.5, 0.6) is 0 Å². The molecule has 0 radical (unpaired) electrons. The van der Waals surface area contributed by atoms with Gasteiger partial charge in [-0.25, -0.2) is 9.78 Å². The molecule has 33 heavy (non-hydrogen) atoms. The maximum absolute atomic E-state index is 13.6. The lowest BCUT2D eigenvalue weighted by molar-refractivity contribution is -0.148. The van der Waals surface area contributed by atoms with Gasteiger partial charge in [-0.15, -0.1) is 0 Å². The molecule has 0 saturated carbocycles. The summed E-state index contributed by atoms with van der Waals surface area (Å²) in [5, 5.41) is 0. The minimum absolute atomic E-state index is 0.0262. The molecular formula is C25H30N4O4. The van der Waals surface area contributed by atoms with Crippen molar-refractivity contribution in [1.29, 1.82) is 0 Å². The molecule has 2 saturated heterocycles. The van der Waals surface area contributed by atoms with Gasteiger partial charge in [-0.1, -0.05) is 30.3 Å². The standard InChI is InChI=1S/C25H30N4O4/c1-2-33-25(32)20-11-12-21(26-18-20)27-14-16-28(17-15-27)24(31)23(19-8-4-3-5-9-19)29-13-7-6-10-22(29)30/h3-5,8-9,11-12,18,23H,2,6-7,10,13-17H2,1H3. The molecule has 1 aromatic heterocycles. The molecule has 3 heterocycles. The first-order valence-corrected chi connectivity index (χ1v) is 11.6. The summed E-state index contributed by atoms with van der Waals surface area (Å²) in [5.74, 6) is 0.404. The number of piperidine rings is 1. The van der Waals surface area contributed by atoms with Gasteiger partial charge in [0.15, 0.2) is 0 Å². The average Bonchev–Trinajstić information content (AvgIpc) is 2.86. The highest BCUT2D eigenvalue weighted by Gasteiger charge is 2.36. The first kappa shape index (κ1) is 22.8. The fraction of sp³-hybridized carbons (Fsp3) is 0.440. The van der Waals surface area contributed by atoms with Crippen LogP contribution in [0.3, 0.4) is 0 Å². The number of aromatic nitrogens is 1. The number of nitrogens with zero attached hydrogens (tertiary/aromatic N) is 4. The Labute approximate surface area is 194 Å². The number of esters is 1. The van der Waals surface area contributed by atoms with E-state index in [-0.39, 0.29) is 17.8 Å². The largest absolute Gasteiger partial charge is 0.462 e. The molecule has 2 aromatic rings. The van der Waals surface area contributed by atoms with E-state index in [1.807, 2.05) is 41.3 Å². The second-order valence-corrected chi connectivity index (χ2v) is 8.30. The zero-order valence-corrected chi connectivity index (χ0v) is 19.0. The number of amides is 2. The van der Waals surface area contributed by atoms with Crippen LogP contribution in [-0.2, 0) is 14.3 Å².